The quantitative estimate of drug-likeness (QED) is 0.745. The standard InChI is InChI=1S/C13H14ClNO/c14-10-3-1-9(2-4-10)11-5-6-15-7-12(11)13(16)8-15/h1-4,11-12H,5-8H2/t11-,12+/m0/s1. The summed E-state index contributed by atoms with van der Waals surface area (Å²) in [5, 5.41) is 0.763. The van der Waals surface area contributed by atoms with E-state index in [1.807, 2.05) is 12.1 Å². The number of carbonyl (C=O) groups is 1. The summed E-state index contributed by atoms with van der Waals surface area (Å²) in [4.78, 5) is 14.1. The second-order valence-electron chi connectivity index (χ2n) is 4.75. The third-order valence-corrected chi connectivity index (χ3v) is 4.04. The summed E-state index contributed by atoms with van der Waals surface area (Å²) in [5.74, 6) is 1.04. The van der Waals surface area contributed by atoms with Gasteiger partial charge in [-0.1, -0.05) is 23.7 Å². The number of ketones is 1. The number of Topliss-reactive ketones (excluding diaryl/α,β-unsaturated/α-hetero) is 1. The molecule has 2 aliphatic heterocycles. The van der Waals surface area contributed by atoms with Crippen LogP contribution in [-0.4, -0.2) is 30.3 Å². The number of nitrogens with zero attached hydrogens (tertiary/aromatic N) is 1. The van der Waals surface area contributed by atoms with Crippen LogP contribution in [0.2, 0.25) is 5.02 Å². The van der Waals surface area contributed by atoms with E-state index < -0.39 is 0 Å². The summed E-state index contributed by atoms with van der Waals surface area (Å²) in [5.41, 5.74) is 1.27. The van der Waals surface area contributed by atoms with Gasteiger partial charge in [-0.3, -0.25) is 9.69 Å². The summed E-state index contributed by atoms with van der Waals surface area (Å²) in [7, 11) is 0. The van der Waals surface area contributed by atoms with E-state index in [1.54, 1.807) is 0 Å². The lowest BCUT2D eigenvalue weighted by Crippen LogP contribution is -2.31. The molecule has 0 aliphatic carbocycles. The fourth-order valence-corrected chi connectivity index (χ4v) is 3.06. The fourth-order valence-electron chi connectivity index (χ4n) is 2.94. The van der Waals surface area contributed by atoms with Gasteiger partial charge in [0.05, 0.1) is 6.54 Å². The van der Waals surface area contributed by atoms with Gasteiger partial charge in [0.25, 0.3) is 0 Å². The maximum absolute atomic E-state index is 11.8. The van der Waals surface area contributed by atoms with E-state index in [4.69, 9.17) is 11.6 Å². The monoisotopic (exact) mass is 235 g/mol. The van der Waals surface area contributed by atoms with Crippen LogP contribution >= 0.6 is 11.6 Å². The van der Waals surface area contributed by atoms with Gasteiger partial charge in [0.2, 0.25) is 0 Å². The molecule has 3 atom stereocenters. The first-order valence-electron chi connectivity index (χ1n) is 5.74. The van der Waals surface area contributed by atoms with Crippen LogP contribution in [0.5, 0.6) is 0 Å². The Labute approximate surface area is 100 Å². The highest BCUT2D eigenvalue weighted by Gasteiger charge is 2.40. The predicted octanol–water partition coefficient (Wildman–Crippen LogP) is 2.33. The third kappa shape index (κ3) is 1.66. The Balaban J connectivity index is 1.89. The summed E-state index contributed by atoms with van der Waals surface area (Å²) in [6.07, 6.45) is 1.10. The summed E-state index contributed by atoms with van der Waals surface area (Å²) in [6, 6.07) is 7.97. The first-order chi connectivity index (χ1) is 7.74. The number of piperidine rings is 1. The van der Waals surface area contributed by atoms with Crippen molar-refractivity contribution < 1.29 is 4.79 Å². The normalized spacial score (nSPS) is 33.1. The average Bonchev–Trinajstić information content (AvgIpc) is 2.57. The molecule has 0 saturated carbocycles. The Bertz CT molecular complexity index is 414. The topological polar surface area (TPSA) is 20.3 Å². The fraction of sp³-hybridized carbons (Fsp3) is 0.462. The Morgan fingerprint density at radius 1 is 1.19 bits per heavy atom. The van der Waals surface area contributed by atoms with Crippen LogP contribution in [0.4, 0.5) is 0 Å². The minimum Gasteiger partial charge on any atom is -0.298 e. The van der Waals surface area contributed by atoms with Crippen molar-refractivity contribution >= 4 is 17.4 Å². The van der Waals surface area contributed by atoms with Gasteiger partial charge < -0.3 is 0 Å². The molecule has 1 unspecified atom stereocenters. The van der Waals surface area contributed by atoms with Crippen LogP contribution < -0.4 is 0 Å². The van der Waals surface area contributed by atoms with Gasteiger partial charge in [-0.25, -0.2) is 0 Å². The van der Waals surface area contributed by atoms with Gasteiger partial charge in [0, 0.05) is 17.5 Å². The predicted molar refractivity (Wildman–Crippen MR) is 63.7 cm³/mol. The lowest BCUT2D eigenvalue weighted by atomic mass is 9.81. The number of halogens is 1. The lowest BCUT2D eigenvalue weighted by molar-refractivity contribution is -0.120. The largest absolute Gasteiger partial charge is 0.298 e. The van der Waals surface area contributed by atoms with E-state index in [2.05, 4.69) is 17.0 Å². The van der Waals surface area contributed by atoms with Crippen molar-refractivity contribution in [3.63, 3.8) is 0 Å². The highest BCUT2D eigenvalue weighted by molar-refractivity contribution is 6.30. The van der Waals surface area contributed by atoms with E-state index in [9.17, 15) is 4.79 Å². The molecule has 2 fully saturated rings. The van der Waals surface area contributed by atoms with Crippen LogP contribution in [0, 0.1) is 5.92 Å². The molecule has 0 radical (unpaired) electrons. The van der Waals surface area contributed by atoms with Crippen molar-refractivity contribution in [2.75, 3.05) is 19.6 Å². The molecule has 0 N–H and O–H groups in total. The van der Waals surface area contributed by atoms with E-state index >= 15 is 0 Å². The first kappa shape index (κ1) is 10.3. The highest BCUT2D eigenvalue weighted by atomic mass is 35.5. The molecule has 1 aromatic carbocycles. The van der Waals surface area contributed by atoms with Crippen LogP contribution in [0.3, 0.4) is 0 Å². The minimum atomic E-state index is 0.218. The van der Waals surface area contributed by atoms with Gasteiger partial charge in [-0.05, 0) is 36.6 Å². The number of hydrogen-bond donors (Lipinski definition) is 0. The summed E-state index contributed by atoms with van der Waals surface area (Å²) < 4.78 is 0. The molecule has 2 nitrogen and oxygen atoms in total. The molecular formula is C13H14ClNO. The molecule has 3 rings (SSSR count). The molecule has 2 saturated heterocycles. The lowest BCUT2D eigenvalue weighted by Gasteiger charge is -2.29. The van der Waals surface area contributed by atoms with Gasteiger partial charge in [-0.2, -0.15) is 0 Å². The molecule has 16 heavy (non-hydrogen) atoms. The SMILES string of the molecule is O=C1CN2CC[C@@H](c3ccc(Cl)cc3)[C@H]1C2. The summed E-state index contributed by atoms with van der Waals surface area (Å²) >= 11 is 5.88. The number of hydrogen-bond acceptors (Lipinski definition) is 2. The number of carbonyl (C=O) groups excluding carboxylic acids is 1. The van der Waals surface area contributed by atoms with Crippen molar-refractivity contribution in [1.82, 2.24) is 4.90 Å². The van der Waals surface area contributed by atoms with Crippen molar-refractivity contribution in [1.29, 1.82) is 0 Å². The van der Waals surface area contributed by atoms with Crippen LogP contribution in [0.25, 0.3) is 0 Å². The van der Waals surface area contributed by atoms with E-state index in [0.29, 0.717) is 18.2 Å². The molecule has 0 spiro atoms. The molecule has 2 bridgehead atoms. The number of fused-ring (bicyclic) bond motifs is 2. The Kier molecular flexibility index (Phi) is 2.49. The van der Waals surface area contributed by atoms with Crippen LogP contribution in [0.15, 0.2) is 24.3 Å². The molecule has 1 aromatic rings. The third-order valence-electron chi connectivity index (χ3n) is 3.79. The number of benzene rings is 1. The Morgan fingerprint density at radius 3 is 2.69 bits per heavy atom. The zero-order chi connectivity index (χ0) is 11.1. The van der Waals surface area contributed by atoms with Crippen molar-refractivity contribution in [2.24, 2.45) is 5.92 Å². The summed E-state index contributed by atoms with van der Waals surface area (Å²) in [6.45, 7) is 2.66. The van der Waals surface area contributed by atoms with E-state index in [0.717, 1.165) is 24.5 Å². The van der Waals surface area contributed by atoms with Crippen molar-refractivity contribution in [3.8, 4) is 0 Å². The molecule has 2 heterocycles. The first-order valence-corrected chi connectivity index (χ1v) is 6.12. The second-order valence-corrected chi connectivity index (χ2v) is 5.19. The molecule has 84 valence electrons. The van der Waals surface area contributed by atoms with Gasteiger partial charge >= 0.3 is 0 Å². The van der Waals surface area contributed by atoms with E-state index in [-0.39, 0.29) is 5.92 Å². The second kappa shape index (κ2) is 3.86. The molecule has 3 heteroatoms. The molecular weight excluding hydrogens is 222 g/mol. The van der Waals surface area contributed by atoms with Crippen molar-refractivity contribution in [2.45, 2.75) is 12.3 Å². The van der Waals surface area contributed by atoms with Gasteiger partial charge in [0.1, 0.15) is 0 Å². The zero-order valence-electron chi connectivity index (χ0n) is 9.03. The Morgan fingerprint density at radius 2 is 1.94 bits per heavy atom. The maximum atomic E-state index is 11.8. The maximum Gasteiger partial charge on any atom is 0.151 e. The van der Waals surface area contributed by atoms with Crippen LogP contribution in [-0.2, 0) is 4.79 Å². The number of rotatable bonds is 1. The zero-order valence-corrected chi connectivity index (χ0v) is 9.78. The average molecular weight is 236 g/mol. The van der Waals surface area contributed by atoms with Crippen molar-refractivity contribution in [3.05, 3.63) is 34.9 Å². The molecule has 0 amide bonds. The highest BCUT2D eigenvalue weighted by Crippen LogP contribution is 2.37. The van der Waals surface area contributed by atoms with Crippen LogP contribution in [0.1, 0.15) is 17.9 Å². The molecule has 0 aromatic heterocycles. The molecule has 2 aliphatic rings. The van der Waals surface area contributed by atoms with Gasteiger partial charge in [-0.15, -0.1) is 0 Å². The minimum absolute atomic E-state index is 0.218. The smallest absolute Gasteiger partial charge is 0.151 e. The van der Waals surface area contributed by atoms with E-state index in [1.165, 1.54) is 5.56 Å². The Hall–Kier alpha value is -0.860. The van der Waals surface area contributed by atoms with Gasteiger partial charge in [0.15, 0.2) is 5.78 Å².